The average Bonchev–Trinajstić information content (AvgIpc) is 3.01. The molecule has 2 rings (SSSR count). The van der Waals surface area contributed by atoms with E-state index in [2.05, 4.69) is 17.0 Å². The van der Waals surface area contributed by atoms with Gasteiger partial charge in [-0.05, 0) is 25.2 Å². The van der Waals surface area contributed by atoms with Gasteiger partial charge in [0.05, 0.1) is 5.71 Å². The molecule has 0 aromatic heterocycles. The molecule has 0 bridgehead atoms. The predicted molar refractivity (Wildman–Crippen MR) is 56.8 cm³/mol. The lowest BCUT2D eigenvalue weighted by Crippen LogP contribution is -2.41. The van der Waals surface area contributed by atoms with E-state index >= 15 is 0 Å². The van der Waals surface area contributed by atoms with Crippen LogP contribution in [-0.2, 0) is 0 Å². The molecule has 1 saturated heterocycles. The van der Waals surface area contributed by atoms with E-state index in [4.69, 9.17) is 5.21 Å². The number of nitrogens with zero attached hydrogens (tertiary/aromatic N) is 2. The Morgan fingerprint density at radius 3 is 2.86 bits per heavy atom. The first-order valence-electron chi connectivity index (χ1n) is 5.76. The molecule has 0 spiro atoms. The minimum absolute atomic E-state index is 0.493. The highest BCUT2D eigenvalue weighted by Crippen LogP contribution is 2.31. The van der Waals surface area contributed by atoms with E-state index < -0.39 is 0 Å². The lowest BCUT2D eigenvalue weighted by Gasteiger charge is -2.32. The van der Waals surface area contributed by atoms with Crippen molar-refractivity contribution in [3.8, 4) is 0 Å². The Balaban J connectivity index is 1.86. The lowest BCUT2D eigenvalue weighted by molar-refractivity contribution is 0.220. The van der Waals surface area contributed by atoms with Crippen LogP contribution in [0.5, 0.6) is 0 Å². The summed E-state index contributed by atoms with van der Waals surface area (Å²) in [5.41, 5.74) is 1.01. The maximum absolute atomic E-state index is 8.84. The molecule has 14 heavy (non-hydrogen) atoms. The van der Waals surface area contributed by atoms with Gasteiger partial charge in [0, 0.05) is 32.0 Å². The normalized spacial score (nSPS) is 32.4. The number of hydrogen-bond acceptors (Lipinski definition) is 3. The molecule has 1 saturated carbocycles. The molecular formula is C11H20N2O. The third-order valence-corrected chi connectivity index (χ3v) is 3.47. The van der Waals surface area contributed by atoms with Gasteiger partial charge in [0.25, 0.3) is 0 Å². The molecule has 1 atom stereocenters. The van der Waals surface area contributed by atoms with Gasteiger partial charge in [0.15, 0.2) is 0 Å². The zero-order chi connectivity index (χ0) is 9.97. The van der Waals surface area contributed by atoms with Crippen molar-refractivity contribution < 1.29 is 5.21 Å². The summed E-state index contributed by atoms with van der Waals surface area (Å²) < 4.78 is 0. The fraction of sp³-hybridized carbons (Fsp3) is 0.909. The third-order valence-electron chi connectivity index (χ3n) is 3.47. The highest BCUT2D eigenvalue weighted by molar-refractivity contribution is 5.87. The molecule has 0 aromatic rings. The number of hydrogen-bond donors (Lipinski definition) is 1. The summed E-state index contributed by atoms with van der Waals surface area (Å²) in [6.07, 6.45) is 4.91. The predicted octanol–water partition coefficient (Wildman–Crippen LogP) is 1.96. The molecule has 3 nitrogen and oxygen atoms in total. The fourth-order valence-corrected chi connectivity index (χ4v) is 2.31. The first-order valence-corrected chi connectivity index (χ1v) is 5.76. The molecule has 0 radical (unpaired) electrons. The van der Waals surface area contributed by atoms with Crippen LogP contribution < -0.4 is 0 Å². The van der Waals surface area contributed by atoms with Crippen LogP contribution in [0, 0.1) is 11.8 Å². The standard InChI is InChI=1S/C11H20N2O/c1-2-10-8-13(7-9-3-4-9)6-5-11(10)12-14/h9-10,14H,2-8H2,1H3. The first-order chi connectivity index (χ1) is 6.83. The highest BCUT2D eigenvalue weighted by Gasteiger charge is 2.29. The summed E-state index contributed by atoms with van der Waals surface area (Å²) in [4.78, 5) is 2.54. The first kappa shape index (κ1) is 9.97. The molecule has 2 aliphatic rings. The summed E-state index contributed by atoms with van der Waals surface area (Å²) >= 11 is 0. The Morgan fingerprint density at radius 2 is 2.29 bits per heavy atom. The molecule has 3 heteroatoms. The SMILES string of the molecule is CCC1CN(CC2CC2)CCC1=NO. The van der Waals surface area contributed by atoms with Gasteiger partial charge in [0.1, 0.15) is 0 Å². The number of piperidine rings is 1. The molecular weight excluding hydrogens is 176 g/mol. The second-order valence-electron chi connectivity index (χ2n) is 4.65. The van der Waals surface area contributed by atoms with E-state index in [0.29, 0.717) is 5.92 Å². The summed E-state index contributed by atoms with van der Waals surface area (Å²) in [5.74, 6) is 1.47. The summed E-state index contributed by atoms with van der Waals surface area (Å²) in [5, 5.41) is 12.3. The fourth-order valence-electron chi connectivity index (χ4n) is 2.31. The van der Waals surface area contributed by atoms with Crippen LogP contribution in [0.4, 0.5) is 0 Å². The van der Waals surface area contributed by atoms with E-state index in [1.165, 1.54) is 19.4 Å². The Hall–Kier alpha value is -0.570. The molecule has 1 aliphatic heterocycles. The smallest absolute Gasteiger partial charge is 0.0627 e. The van der Waals surface area contributed by atoms with Gasteiger partial charge >= 0.3 is 0 Å². The molecule has 1 aliphatic carbocycles. The monoisotopic (exact) mass is 196 g/mol. The van der Waals surface area contributed by atoms with Crippen LogP contribution in [0.3, 0.4) is 0 Å². The molecule has 0 amide bonds. The molecule has 0 aromatic carbocycles. The second-order valence-corrected chi connectivity index (χ2v) is 4.65. The van der Waals surface area contributed by atoms with Crippen molar-refractivity contribution in [3.05, 3.63) is 0 Å². The van der Waals surface area contributed by atoms with Crippen LogP contribution >= 0.6 is 0 Å². The van der Waals surface area contributed by atoms with Crippen LogP contribution in [0.1, 0.15) is 32.6 Å². The van der Waals surface area contributed by atoms with Crippen molar-refractivity contribution in [2.45, 2.75) is 32.6 Å². The van der Waals surface area contributed by atoms with Crippen LogP contribution in [0.15, 0.2) is 5.16 Å². The maximum atomic E-state index is 8.84. The van der Waals surface area contributed by atoms with Gasteiger partial charge in [-0.3, -0.25) is 0 Å². The largest absolute Gasteiger partial charge is 0.411 e. The second kappa shape index (κ2) is 4.30. The van der Waals surface area contributed by atoms with Crippen molar-refractivity contribution in [2.75, 3.05) is 19.6 Å². The molecule has 1 heterocycles. The van der Waals surface area contributed by atoms with Gasteiger partial charge in [-0.1, -0.05) is 12.1 Å². The quantitative estimate of drug-likeness (QED) is 0.553. The minimum atomic E-state index is 0.493. The molecule has 80 valence electrons. The van der Waals surface area contributed by atoms with E-state index in [0.717, 1.165) is 37.6 Å². The zero-order valence-corrected chi connectivity index (χ0v) is 8.95. The molecule has 1 unspecified atom stereocenters. The van der Waals surface area contributed by atoms with Crippen molar-refractivity contribution in [2.24, 2.45) is 17.0 Å². The number of likely N-dealkylation sites (tertiary alicyclic amines) is 1. The van der Waals surface area contributed by atoms with Crippen LogP contribution in [0.25, 0.3) is 0 Å². The van der Waals surface area contributed by atoms with Gasteiger partial charge in [-0.2, -0.15) is 0 Å². The lowest BCUT2D eigenvalue weighted by atomic mass is 9.93. The van der Waals surface area contributed by atoms with Crippen LogP contribution in [0.2, 0.25) is 0 Å². The summed E-state index contributed by atoms with van der Waals surface area (Å²) in [6, 6.07) is 0. The minimum Gasteiger partial charge on any atom is -0.411 e. The maximum Gasteiger partial charge on any atom is 0.0627 e. The number of oxime groups is 1. The Morgan fingerprint density at radius 1 is 1.50 bits per heavy atom. The van der Waals surface area contributed by atoms with Gasteiger partial charge < -0.3 is 10.1 Å². The average molecular weight is 196 g/mol. The van der Waals surface area contributed by atoms with Crippen molar-refractivity contribution >= 4 is 5.71 Å². The third kappa shape index (κ3) is 2.27. The summed E-state index contributed by atoms with van der Waals surface area (Å²) in [6.45, 7) is 5.64. The molecule has 1 N–H and O–H groups in total. The Bertz CT molecular complexity index is 223. The van der Waals surface area contributed by atoms with E-state index in [1.807, 2.05) is 0 Å². The highest BCUT2D eigenvalue weighted by atomic mass is 16.4. The van der Waals surface area contributed by atoms with E-state index in [1.54, 1.807) is 0 Å². The Labute approximate surface area is 85.8 Å². The van der Waals surface area contributed by atoms with E-state index in [9.17, 15) is 0 Å². The van der Waals surface area contributed by atoms with Crippen LogP contribution in [-0.4, -0.2) is 35.5 Å². The van der Waals surface area contributed by atoms with Gasteiger partial charge in [0.2, 0.25) is 0 Å². The topological polar surface area (TPSA) is 35.8 Å². The zero-order valence-electron chi connectivity index (χ0n) is 8.95. The van der Waals surface area contributed by atoms with E-state index in [-0.39, 0.29) is 0 Å². The van der Waals surface area contributed by atoms with Crippen molar-refractivity contribution in [3.63, 3.8) is 0 Å². The number of rotatable bonds is 3. The van der Waals surface area contributed by atoms with Crippen molar-refractivity contribution in [1.29, 1.82) is 0 Å². The van der Waals surface area contributed by atoms with Crippen molar-refractivity contribution in [1.82, 2.24) is 4.90 Å². The summed E-state index contributed by atoms with van der Waals surface area (Å²) in [7, 11) is 0. The molecule has 2 fully saturated rings. The van der Waals surface area contributed by atoms with Gasteiger partial charge in [-0.15, -0.1) is 0 Å². The Kier molecular flexibility index (Phi) is 3.06. The van der Waals surface area contributed by atoms with Gasteiger partial charge in [-0.25, -0.2) is 0 Å².